The molecule has 0 aliphatic carbocycles. The monoisotopic (exact) mass is 501 g/mol. The summed E-state index contributed by atoms with van der Waals surface area (Å²) in [6.07, 6.45) is 17.3. The topological polar surface area (TPSA) is 144 Å². The Kier molecular flexibility index (Phi) is 28.8. The van der Waals surface area contributed by atoms with Crippen molar-refractivity contribution in [2.24, 2.45) is 0 Å². The van der Waals surface area contributed by atoms with E-state index in [9.17, 15) is 17.8 Å². The number of carbonyl (C=O) groups is 1. The molecule has 0 aromatic carbocycles. The SMILES string of the molecule is CCCCCCCCCCCCCCCC(=O)O.COS(=O)(=O)[O-].C[N+](C)(CCO)CCO. The maximum Gasteiger partial charge on any atom is 0.303 e. The van der Waals surface area contributed by atoms with Crippen molar-refractivity contribution in [3.8, 4) is 0 Å². The van der Waals surface area contributed by atoms with Crippen LogP contribution in [0.15, 0.2) is 0 Å². The number of unbranched alkanes of at least 4 members (excludes halogenated alkanes) is 12. The molecule has 0 unspecified atom stereocenters. The molecule has 0 spiro atoms. The highest BCUT2D eigenvalue weighted by molar-refractivity contribution is 7.80. The number of nitrogens with zero attached hydrogens (tertiary/aromatic N) is 1. The molecule has 202 valence electrons. The minimum absolute atomic E-state index is 0.188. The maximum atomic E-state index is 10.3. The highest BCUT2D eigenvalue weighted by Crippen LogP contribution is 2.12. The number of aliphatic hydroxyl groups is 2. The predicted octanol–water partition coefficient (Wildman–Crippen LogP) is 3.69. The second-order valence-corrected chi connectivity index (χ2v) is 9.94. The van der Waals surface area contributed by atoms with Crippen molar-refractivity contribution in [2.75, 3.05) is 47.5 Å². The largest absolute Gasteiger partial charge is 0.726 e. The summed E-state index contributed by atoms with van der Waals surface area (Å²) >= 11 is 0. The molecule has 0 saturated carbocycles. The van der Waals surface area contributed by atoms with Crippen LogP contribution in [0, 0.1) is 0 Å². The minimum atomic E-state index is -4.41. The summed E-state index contributed by atoms with van der Waals surface area (Å²) in [5.74, 6) is -0.655. The number of carboxylic acids is 1. The first-order valence-corrected chi connectivity index (χ1v) is 13.6. The Bertz CT molecular complexity index is 505. The van der Waals surface area contributed by atoms with Crippen molar-refractivity contribution in [2.45, 2.75) is 96.8 Å². The van der Waals surface area contributed by atoms with Crippen LogP contribution in [-0.4, -0.2) is 86.3 Å². The number of rotatable bonds is 19. The van der Waals surface area contributed by atoms with Crippen LogP contribution < -0.4 is 0 Å². The van der Waals surface area contributed by atoms with Gasteiger partial charge in [0.2, 0.25) is 10.4 Å². The highest BCUT2D eigenvalue weighted by Gasteiger charge is 2.11. The van der Waals surface area contributed by atoms with E-state index in [-0.39, 0.29) is 13.2 Å². The molecule has 0 aliphatic rings. The Morgan fingerprint density at radius 2 is 1.09 bits per heavy atom. The van der Waals surface area contributed by atoms with E-state index >= 15 is 0 Å². The number of aliphatic hydroxyl groups excluding tert-OH is 2. The molecule has 0 atom stereocenters. The van der Waals surface area contributed by atoms with Crippen LogP contribution in [0.3, 0.4) is 0 Å². The van der Waals surface area contributed by atoms with E-state index in [0.717, 1.165) is 20.0 Å². The molecule has 0 aliphatic heterocycles. The summed E-state index contributed by atoms with van der Waals surface area (Å²) in [5, 5.41) is 25.6. The zero-order chi connectivity index (χ0) is 26.0. The Labute approximate surface area is 202 Å². The van der Waals surface area contributed by atoms with Gasteiger partial charge in [0.1, 0.15) is 13.1 Å². The minimum Gasteiger partial charge on any atom is -0.726 e. The molecule has 9 nitrogen and oxygen atoms in total. The molecule has 0 aromatic heterocycles. The van der Waals surface area contributed by atoms with E-state index in [1.807, 2.05) is 14.1 Å². The van der Waals surface area contributed by atoms with Crippen molar-refractivity contribution < 1.29 is 41.8 Å². The van der Waals surface area contributed by atoms with Gasteiger partial charge >= 0.3 is 5.97 Å². The number of carboxylic acid groups (broad SMARTS) is 1. The lowest BCUT2D eigenvalue weighted by molar-refractivity contribution is -0.890. The first-order chi connectivity index (χ1) is 15.5. The summed E-state index contributed by atoms with van der Waals surface area (Å²) in [5.41, 5.74) is 0. The van der Waals surface area contributed by atoms with E-state index in [4.69, 9.17) is 15.3 Å². The first kappa shape index (κ1) is 36.8. The van der Waals surface area contributed by atoms with Gasteiger partial charge < -0.3 is 24.4 Å². The molecule has 0 rings (SSSR count). The van der Waals surface area contributed by atoms with Crippen LogP contribution in [0.25, 0.3) is 0 Å². The second kappa shape index (κ2) is 25.8. The lowest BCUT2D eigenvalue weighted by Crippen LogP contribution is -2.43. The summed E-state index contributed by atoms with van der Waals surface area (Å²) in [6, 6.07) is 0. The van der Waals surface area contributed by atoms with E-state index in [2.05, 4.69) is 11.1 Å². The van der Waals surface area contributed by atoms with Gasteiger partial charge in [-0.3, -0.25) is 8.98 Å². The Morgan fingerprint density at radius 1 is 0.788 bits per heavy atom. The van der Waals surface area contributed by atoms with Gasteiger partial charge in [0, 0.05) is 6.42 Å². The number of quaternary nitrogens is 1. The van der Waals surface area contributed by atoms with Crippen LogP contribution in [0.4, 0.5) is 0 Å². The Balaban J connectivity index is -0.000000496. The maximum absolute atomic E-state index is 10.3. The van der Waals surface area contributed by atoms with Gasteiger partial charge in [-0.15, -0.1) is 0 Å². The fourth-order valence-electron chi connectivity index (χ4n) is 2.95. The van der Waals surface area contributed by atoms with Crippen molar-refractivity contribution in [1.29, 1.82) is 0 Å². The number of hydrogen-bond donors (Lipinski definition) is 3. The molecular formula is C23H51NO8S. The predicted molar refractivity (Wildman–Crippen MR) is 131 cm³/mol. The van der Waals surface area contributed by atoms with Gasteiger partial charge in [0.25, 0.3) is 0 Å². The fraction of sp³-hybridized carbons (Fsp3) is 0.957. The van der Waals surface area contributed by atoms with Crippen LogP contribution in [0.5, 0.6) is 0 Å². The lowest BCUT2D eigenvalue weighted by Gasteiger charge is -2.27. The average molecular weight is 502 g/mol. The van der Waals surface area contributed by atoms with Gasteiger partial charge in [0.05, 0.1) is 34.4 Å². The molecule has 10 heteroatoms. The molecule has 3 N–H and O–H groups in total. The van der Waals surface area contributed by atoms with Gasteiger partial charge in [-0.1, -0.05) is 84.0 Å². The standard InChI is InChI=1S/C16H32O2.C6H16NO2.CH4O4S/c1-2-3-4-5-6-7-8-9-10-11-12-13-14-15-16(17)18;1-7(2,3-5-8)4-6-9;1-5-6(2,3)4/h2-15H2,1H3,(H,17,18);8-9H,3-6H2,1-2H3;1H3,(H,2,3,4)/q;+1;/p-1. The molecule has 33 heavy (non-hydrogen) atoms. The molecule has 0 fully saturated rings. The molecule has 0 radical (unpaired) electrons. The van der Waals surface area contributed by atoms with Crippen LogP contribution in [-0.2, 0) is 19.4 Å². The normalized spacial score (nSPS) is 11.2. The highest BCUT2D eigenvalue weighted by atomic mass is 32.3. The van der Waals surface area contributed by atoms with Crippen molar-refractivity contribution in [3.05, 3.63) is 0 Å². The Hall–Kier alpha value is -0.780. The molecule has 0 amide bonds. The third kappa shape index (κ3) is 41.9. The first-order valence-electron chi connectivity index (χ1n) is 12.2. The second-order valence-electron chi connectivity index (χ2n) is 8.79. The fourth-order valence-corrected chi connectivity index (χ4v) is 2.95. The van der Waals surface area contributed by atoms with Gasteiger partial charge in [-0.25, -0.2) is 8.42 Å². The van der Waals surface area contributed by atoms with Crippen LogP contribution in [0.1, 0.15) is 96.8 Å². The van der Waals surface area contributed by atoms with E-state index in [0.29, 0.717) is 24.0 Å². The summed E-state index contributed by atoms with van der Waals surface area (Å²) in [6.45, 7) is 4.05. The lowest BCUT2D eigenvalue weighted by atomic mass is 10.0. The van der Waals surface area contributed by atoms with Gasteiger partial charge in [-0.05, 0) is 6.42 Å². The third-order valence-corrected chi connectivity index (χ3v) is 5.52. The van der Waals surface area contributed by atoms with Crippen LogP contribution in [0.2, 0.25) is 0 Å². The smallest absolute Gasteiger partial charge is 0.303 e. The average Bonchev–Trinajstić information content (AvgIpc) is 2.71. The van der Waals surface area contributed by atoms with Crippen molar-refractivity contribution in [3.63, 3.8) is 0 Å². The third-order valence-electron chi connectivity index (χ3n) is 5.11. The molecule has 0 saturated heterocycles. The van der Waals surface area contributed by atoms with E-state index in [1.165, 1.54) is 70.6 Å². The zero-order valence-corrected chi connectivity index (χ0v) is 22.3. The van der Waals surface area contributed by atoms with E-state index < -0.39 is 16.4 Å². The van der Waals surface area contributed by atoms with Crippen LogP contribution >= 0.6 is 0 Å². The van der Waals surface area contributed by atoms with Gasteiger partial charge in [-0.2, -0.15) is 0 Å². The molecule has 0 aromatic rings. The summed E-state index contributed by atoms with van der Waals surface area (Å²) in [4.78, 5) is 10.3. The number of hydrogen-bond acceptors (Lipinski definition) is 7. The molecule has 0 heterocycles. The zero-order valence-electron chi connectivity index (χ0n) is 21.5. The molecular weight excluding hydrogens is 450 g/mol. The van der Waals surface area contributed by atoms with E-state index in [1.54, 1.807) is 0 Å². The molecule has 0 bridgehead atoms. The quantitative estimate of drug-likeness (QED) is 0.105. The van der Waals surface area contributed by atoms with Gasteiger partial charge in [0.15, 0.2) is 0 Å². The summed E-state index contributed by atoms with van der Waals surface area (Å²) < 4.78 is 31.7. The Morgan fingerprint density at radius 3 is 1.33 bits per heavy atom. The van der Waals surface area contributed by atoms with Crippen molar-refractivity contribution >= 4 is 16.4 Å². The summed E-state index contributed by atoms with van der Waals surface area (Å²) in [7, 11) is 0.353. The number of likely N-dealkylation sites (N-methyl/N-ethyl adjacent to an activating group) is 1. The van der Waals surface area contributed by atoms with Crippen molar-refractivity contribution in [1.82, 2.24) is 0 Å². The number of aliphatic carboxylic acids is 1.